The highest BCUT2D eigenvalue weighted by atomic mass is 32.1. The minimum atomic E-state index is 0.761. The molecule has 0 spiro atoms. The van der Waals surface area contributed by atoms with Gasteiger partial charge in [-0.1, -0.05) is 18.2 Å². The van der Waals surface area contributed by atoms with E-state index in [0.717, 1.165) is 33.8 Å². The number of aldehydes is 1. The van der Waals surface area contributed by atoms with Crippen molar-refractivity contribution >= 4 is 35.5 Å². The first-order valence-electron chi connectivity index (χ1n) is 5.89. The van der Waals surface area contributed by atoms with Gasteiger partial charge in [-0.05, 0) is 42.8 Å². The SMILES string of the molecule is CCNc1ccc(/C=C/c2ccc(C=O)s2)cc1. The number of nitrogens with one attached hydrogen (secondary N) is 1. The van der Waals surface area contributed by atoms with Crippen LogP contribution < -0.4 is 5.32 Å². The van der Waals surface area contributed by atoms with E-state index in [1.54, 1.807) is 0 Å². The largest absolute Gasteiger partial charge is 0.385 e. The van der Waals surface area contributed by atoms with Crippen molar-refractivity contribution in [3.8, 4) is 0 Å². The summed E-state index contributed by atoms with van der Waals surface area (Å²) in [5.41, 5.74) is 2.28. The fraction of sp³-hybridized carbons (Fsp3) is 0.133. The highest BCUT2D eigenvalue weighted by molar-refractivity contribution is 7.14. The van der Waals surface area contributed by atoms with Crippen LogP contribution in [0.5, 0.6) is 0 Å². The monoisotopic (exact) mass is 257 g/mol. The third-order valence-electron chi connectivity index (χ3n) is 2.50. The van der Waals surface area contributed by atoms with Crippen LogP contribution in [-0.2, 0) is 0 Å². The van der Waals surface area contributed by atoms with Crippen molar-refractivity contribution in [3.05, 3.63) is 51.7 Å². The zero-order valence-corrected chi connectivity index (χ0v) is 11.0. The minimum Gasteiger partial charge on any atom is -0.385 e. The van der Waals surface area contributed by atoms with Crippen LogP contribution in [0.3, 0.4) is 0 Å². The number of carbonyl (C=O) groups excluding carboxylic acids is 1. The molecule has 0 saturated heterocycles. The van der Waals surface area contributed by atoms with Gasteiger partial charge in [0.05, 0.1) is 4.88 Å². The number of hydrogen-bond donors (Lipinski definition) is 1. The molecule has 0 aliphatic carbocycles. The molecule has 2 nitrogen and oxygen atoms in total. The average molecular weight is 257 g/mol. The molecule has 18 heavy (non-hydrogen) atoms. The average Bonchev–Trinajstić information content (AvgIpc) is 2.86. The number of benzene rings is 1. The summed E-state index contributed by atoms with van der Waals surface area (Å²) in [5, 5.41) is 3.26. The van der Waals surface area contributed by atoms with Gasteiger partial charge in [-0.15, -0.1) is 11.3 Å². The van der Waals surface area contributed by atoms with E-state index in [0.29, 0.717) is 0 Å². The van der Waals surface area contributed by atoms with E-state index < -0.39 is 0 Å². The molecule has 0 aliphatic rings. The smallest absolute Gasteiger partial charge is 0.160 e. The summed E-state index contributed by atoms with van der Waals surface area (Å²) < 4.78 is 0. The summed E-state index contributed by atoms with van der Waals surface area (Å²) in [6.45, 7) is 3.01. The quantitative estimate of drug-likeness (QED) is 0.815. The van der Waals surface area contributed by atoms with Crippen molar-refractivity contribution in [1.82, 2.24) is 0 Å². The summed E-state index contributed by atoms with van der Waals surface area (Å²) in [7, 11) is 0. The highest BCUT2D eigenvalue weighted by Gasteiger charge is 1.95. The van der Waals surface area contributed by atoms with Gasteiger partial charge in [0.2, 0.25) is 0 Å². The Labute approximate surface area is 111 Å². The van der Waals surface area contributed by atoms with Crippen molar-refractivity contribution in [2.45, 2.75) is 6.92 Å². The maximum atomic E-state index is 10.6. The van der Waals surface area contributed by atoms with Crippen LogP contribution >= 0.6 is 11.3 Å². The van der Waals surface area contributed by atoms with Crippen molar-refractivity contribution in [2.75, 3.05) is 11.9 Å². The lowest BCUT2D eigenvalue weighted by Crippen LogP contribution is -1.95. The number of carbonyl (C=O) groups is 1. The Kier molecular flexibility index (Phi) is 4.31. The normalized spacial score (nSPS) is 10.7. The Hall–Kier alpha value is -1.87. The van der Waals surface area contributed by atoms with E-state index >= 15 is 0 Å². The van der Waals surface area contributed by atoms with Crippen LogP contribution in [0, 0.1) is 0 Å². The van der Waals surface area contributed by atoms with Crippen LogP contribution in [-0.4, -0.2) is 12.8 Å². The van der Waals surface area contributed by atoms with E-state index in [-0.39, 0.29) is 0 Å². The van der Waals surface area contributed by atoms with Gasteiger partial charge in [-0.2, -0.15) is 0 Å². The van der Waals surface area contributed by atoms with Crippen LogP contribution in [0.2, 0.25) is 0 Å². The Bertz CT molecular complexity index is 540. The first-order valence-corrected chi connectivity index (χ1v) is 6.70. The molecular weight excluding hydrogens is 242 g/mol. The van der Waals surface area contributed by atoms with Gasteiger partial charge in [0.1, 0.15) is 0 Å². The zero-order valence-electron chi connectivity index (χ0n) is 10.2. The second kappa shape index (κ2) is 6.17. The summed E-state index contributed by atoms with van der Waals surface area (Å²) in [5.74, 6) is 0. The molecule has 0 unspecified atom stereocenters. The molecular formula is C15H15NOS. The predicted molar refractivity (Wildman–Crippen MR) is 79.2 cm³/mol. The van der Waals surface area contributed by atoms with Crippen LogP contribution in [0.15, 0.2) is 36.4 Å². The third-order valence-corrected chi connectivity index (χ3v) is 3.47. The van der Waals surface area contributed by atoms with Crippen LogP contribution in [0.25, 0.3) is 12.2 Å². The fourth-order valence-electron chi connectivity index (χ4n) is 1.62. The lowest BCUT2D eigenvalue weighted by molar-refractivity contribution is 0.112. The van der Waals surface area contributed by atoms with E-state index in [2.05, 4.69) is 42.6 Å². The molecule has 3 heteroatoms. The molecule has 0 atom stereocenters. The summed E-state index contributed by atoms with van der Waals surface area (Å²) >= 11 is 1.50. The van der Waals surface area contributed by atoms with Gasteiger partial charge in [0.25, 0.3) is 0 Å². The molecule has 2 rings (SSSR count). The van der Waals surface area contributed by atoms with Gasteiger partial charge in [-0.3, -0.25) is 4.79 Å². The van der Waals surface area contributed by atoms with Gasteiger partial charge in [0, 0.05) is 17.1 Å². The minimum absolute atomic E-state index is 0.761. The maximum Gasteiger partial charge on any atom is 0.160 e. The molecule has 0 fully saturated rings. The highest BCUT2D eigenvalue weighted by Crippen LogP contribution is 2.18. The second-order valence-electron chi connectivity index (χ2n) is 3.84. The molecule has 0 bridgehead atoms. The van der Waals surface area contributed by atoms with Gasteiger partial charge >= 0.3 is 0 Å². The second-order valence-corrected chi connectivity index (χ2v) is 4.99. The first kappa shape index (κ1) is 12.6. The Morgan fingerprint density at radius 2 is 1.78 bits per heavy atom. The van der Waals surface area contributed by atoms with Crippen LogP contribution in [0.4, 0.5) is 5.69 Å². The molecule has 1 aromatic heterocycles. The number of rotatable bonds is 5. The van der Waals surface area contributed by atoms with Gasteiger partial charge in [0.15, 0.2) is 6.29 Å². The van der Waals surface area contributed by atoms with E-state index in [1.165, 1.54) is 11.3 Å². The lowest BCUT2D eigenvalue weighted by Gasteiger charge is -2.02. The standard InChI is InChI=1S/C15H15NOS/c1-2-16-13-6-3-12(4-7-13)5-8-14-9-10-15(11-17)18-14/h3-11,16H,2H2,1H3/b8-5+. The molecule has 0 aliphatic heterocycles. The topological polar surface area (TPSA) is 29.1 Å². The lowest BCUT2D eigenvalue weighted by atomic mass is 10.2. The molecule has 1 aromatic carbocycles. The molecule has 0 saturated carbocycles. The van der Waals surface area contributed by atoms with Gasteiger partial charge < -0.3 is 5.32 Å². The number of anilines is 1. The van der Waals surface area contributed by atoms with E-state index in [4.69, 9.17) is 0 Å². The van der Waals surface area contributed by atoms with E-state index in [9.17, 15) is 4.79 Å². The molecule has 1 heterocycles. The first-order chi connectivity index (χ1) is 8.81. The molecule has 92 valence electrons. The Balaban J connectivity index is 2.06. The van der Waals surface area contributed by atoms with Crippen molar-refractivity contribution in [3.63, 3.8) is 0 Å². The molecule has 0 amide bonds. The van der Waals surface area contributed by atoms with Gasteiger partial charge in [-0.25, -0.2) is 0 Å². The third kappa shape index (κ3) is 3.31. The summed E-state index contributed by atoms with van der Waals surface area (Å²) in [6, 6.07) is 12.1. The molecule has 1 N–H and O–H groups in total. The Morgan fingerprint density at radius 3 is 2.39 bits per heavy atom. The van der Waals surface area contributed by atoms with Crippen molar-refractivity contribution in [2.24, 2.45) is 0 Å². The molecule has 2 aromatic rings. The summed E-state index contributed by atoms with van der Waals surface area (Å²) in [6.07, 6.45) is 4.96. The van der Waals surface area contributed by atoms with Crippen molar-refractivity contribution in [1.29, 1.82) is 0 Å². The predicted octanol–water partition coefficient (Wildman–Crippen LogP) is 4.16. The van der Waals surface area contributed by atoms with Crippen LogP contribution in [0.1, 0.15) is 27.0 Å². The summed E-state index contributed by atoms with van der Waals surface area (Å²) in [4.78, 5) is 12.4. The fourth-order valence-corrected chi connectivity index (χ4v) is 2.34. The van der Waals surface area contributed by atoms with Crippen molar-refractivity contribution < 1.29 is 4.79 Å². The number of thiophene rings is 1. The zero-order chi connectivity index (χ0) is 12.8. The molecule has 0 radical (unpaired) electrons. The van der Waals surface area contributed by atoms with E-state index in [1.807, 2.05) is 18.2 Å². The Morgan fingerprint density at radius 1 is 1.06 bits per heavy atom. The maximum absolute atomic E-state index is 10.6. The number of hydrogen-bond acceptors (Lipinski definition) is 3.